The molecule has 2 fully saturated rings. The van der Waals surface area contributed by atoms with Gasteiger partial charge in [0.15, 0.2) is 0 Å². The minimum atomic E-state index is -0.616. The van der Waals surface area contributed by atoms with Crippen molar-refractivity contribution in [2.24, 2.45) is 16.6 Å². The average Bonchev–Trinajstić information content (AvgIpc) is 2.89. The molecule has 20 heavy (non-hydrogen) atoms. The van der Waals surface area contributed by atoms with E-state index in [2.05, 4.69) is 0 Å². The van der Waals surface area contributed by atoms with Gasteiger partial charge in [-0.05, 0) is 43.9 Å². The lowest BCUT2D eigenvalue weighted by atomic mass is 9.75. The Labute approximate surface area is 128 Å². The highest BCUT2D eigenvalue weighted by Gasteiger charge is 2.44. The van der Waals surface area contributed by atoms with E-state index in [1.165, 1.54) is 38.5 Å². The fourth-order valence-corrected chi connectivity index (χ4v) is 4.49. The number of nitrogens with zero attached hydrogens (tertiary/aromatic N) is 1. The Morgan fingerprint density at radius 3 is 2.05 bits per heavy atom. The fourth-order valence-electron chi connectivity index (χ4n) is 4.12. The van der Waals surface area contributed by atoms with Gasteiger partial charge in [0.1, 0.15) is 0 Å². The zero-order valence-corrected chi connectivity index (χ0v) is 13.7. The second-order valence-electron chi connectivity index (χ2n) is 6.65. The van der Waals surface area contributed by atoms with E-state index < -0.39 is 5.41 Å². The van der Waals surface area contributed by atoms with Gasteiger partial charge in [-0.25, -0.2) is 0 Å². The van der Waals surface area contributed by atoms with E-state index in [1.807, 2.05) is 18.7 Å². The summed E-state index contributed by atoms with van der Waals surface area (Å²) in [5.41, 5.74) is 5.83. The van der Waals surface area contributed by atoms with Gasteiger partial charge in [-0.15, -0.1) is 0 Å². The van der Waals surface area contributed by atoms with E-state index in [1.54, 1.807) is 0 Å². The molecule has 2 rings (SSSR count). The number of hydrogen-bond donors (Lipinski definition) is 1. The van der Waals surface area contributed by atoms with Crippen LogP contribution in [0.2, 0.25) is 0 Å². The normalized spacial score (nSPS) is 22.2. The third kappa shape index (κ3) is 2.59. The summed E-state index contributed by atoms with van der Waals surface area (Å²) >= 11 is 5.20. The molecule has 2 N–H and O–H groups in total. The molecule has 0 aromatic carbocycles. The number of thiocarbonyl (C=S) groups is 1. The molecule has 1 aliphatic heterocycles. The maximum absolute atomic E-state index is 12.9. The molecule has 1 saturated heterocycles. The predicted octanol–water partition coefficient (Wildman–Crippen LogP) is 3.26. The number of nitrogens with two attached hydrogens (primary N) is 1. The van der Waals surface area contributed by atoms with Crippen molar-refractivity contribution in [2.45, 2.75) is 65.2 Å². The monoisotopic (exact) mass is 296 g/mol. The maximum Gasteiger partial charge on any atom is 0.235 e. The molecule has 3 nitrogen and oxygen atoms in total. The zero-order chi connectivity index (χ0) is 14.8. The van der Waals surface area contributed by atoms with E-state index in [0.29, 0.717) is 23.2 Å². The molecule has 1 aliphatic carbocycles. The highest BCUT2D eigenvalue weighted by molar-refractivity contribution is 7.80. The molecule has 0 atom stereocenters. The summed E-state index contributed by atoms with van der Waals surface area (Å²) in [6, 6.07) is 0. The number of amides is 1. The third-order valence-electron chi connectivity index (χ3n) is 5.86. The number of carbonyl (C=O) groups is 1. The Morgan fingerprint density at radius 2 is 1.65 bits per heavy atom. The first-order valence-electron chi connectivity index (χ1n) is 8.09. The Kier molecular flexibility index (Phi) is 4.73. The largest absolute Gasteiger partial charge is 0.392 e. The van der Waals surface area contributed by atoms with Crippen LogP contribution in [0.4, 0.5) is 0 Å². The van der Waals surface area contributed by atoms with Crippen molar-refractivity contribution in [1.29, 1.82) is 0 Å². The molecule has 0 bridgehead atoms. The molecule has 0 radical (unpaired) electrons. The van der Waals surface area contributed by atoms with E-state index in [-0.39, 0.29) is 5.91 Å². The fraction of sp³-hybridized carbons (Fsp3) is 0.875. The van der Waals surface area contributed by atoms with E-state index >= 15 is 0 Å². The number of rotatable bonds is 4. The lowest BCUT2D eigenvalue weighted by molar-refractivity contribution is -0.141. The molecular formula is C16H28N2OS. The van der Waals surface area contributed by atoms with Crippen LogP contribution in [0, 0.1) is 10.8 Å². The summed E-state index contributed by atoms with van der Waals surface area (Å²) in [6.45, 7) is 5.82. The van der Waals surface area contributed by atoms with Crippen molar-refractivity contribution >= 4 is 23.1 Å². The Bertz CT molecular complexity index is 374. The summed E-state index contributed by atoms with van der Waals surface area (Å²) in [7, 11) is 0. The molecule has 4 heteroatoms. The average molecular weight is 296 g/mol. The van der Waals surface area contributed by atoms with Crippen LogP contribution in [0.3, 0.4) is 0 Å². The summed E-state index contributed by atoms with van der Waals surface area (Å²) in [4.78, 5) is 15.3. The van der Waals surface area contributed by atoms with Gasteiger partial charge in [0.2, 0.25) is 5.91 Å². The van der Waals surface area contributed by atoms with Crippen LogP contribution in [0.1, 0.15) is 65.2 Å². The molecule has 2 aliphatic rings. The molecule has 0 aromatic heterocycles. The quantitative estimate of drug-likeness (QED) is 0.810. The van der Waals surface area contributed by atoms with Crippen molar-refractivity contribution < 1.29 is 4.79 Å². The third-order valence-corrected chi connectivity index (χ3v) is 6.25. The van der Waals surface area contributed by atoms with E-state index in [0.717, 1.165) is 13.1 Å². The molecular weight excluding hydrogens is 268 g/mol. The minimum Gasteiger partial charge on any atom is -0.392 e. The molecule has 1 saturated carbocycles. The van der Waals surface area contributed by atoms with Gasteiger partial charge in [-0.1, -0.05) is 38.9 Å². The van der Waals surface area contributed by atoms with Gasteiger partial charge in [0, 0.05) is 13.1 Å². The molecule has 1 heterocycles. The number of piperidine rings is 1. The smallest absolute Gasteiger partial charge is 0.235 e. The van der Waals surface area contributed by atoms with Crippen molar-refractivity contribution in [3.63, 3.8) is 0 Å². The Morgan fingerprint density at radius 1 is 1.15 bits per heavy atom. The first-order valence-corrected chi connectivity index (χ1v) is 8.50. The molecule has 1 spiro atoms. The van der Waals surface area contributed by atoms with Crippen LogP contribution in [-0.2, 0) is 4.79 Å². The first-order chi connectivity index (χ1) is 9.49. The van der Waals surface area contributed by atoms with Crippen molar-refractivity contribution in [3.05, 3.63) is 0 Å². The number of carbonyl (C=O) groups excluding carboxylic acids is 1. The van der Waals surface area contributed by atoms with Crippen LogP contribution >= 0.6 is 12.2 Å². The van der Waals surface area contributed by atoms with Gasteiger partial charge >= 0.3 is 0 Å². The van der Waals surface area contributed by atoms with Crippen LogP contribution in [0.25, 0.3) is 0 Å². The number of hydrogen-bond acceptors (Lipinski definition) is 2. The van der Waals surface area contributed by atoms with Crippen LogP contribution in [-0.4, -0.2) is 28.9 Å². The summed E-state index contributed by atoms with van der Waals surface area (Å²) in [5, 5.41) is 0. The van der Waals surface area contributed by atoms with Gasteiger partial charge in [0.05, 0.1) is 10.4 Å². The lowest BCUT2D eigenvalue weighted by Crippen LogP contribution is -2.53. The van der Waals surface area contributed by atoms with Gasteiger partial charge in [-0.3, -0.25) is 4.79 Å². The highest BCUT2D eigenvalue weighted by Crippen LogP contribution is 2.46. The first kappa shape index (κ1) is 15.7. The van der Waals surface area contributed by atoms with Gasteiger partial charge in [0.25, 0.3) is 0 Å². The molecule has 114 valence electrons. The lowest BCUT2D eigenvalue weighted by Gasteiger charge is -2.43. The summed E-state index contributed by atoms with van der Waals surface area (Å²) in [5.74, 6) is 0.169. The minimum absolute atomic E-state index is 0.169. The standard InChI is InChI=1S/C16H28N2OS/c1-3-16(4-2,13(17)20)14(19)18-11-9-15(10-12-18)7-5-6-8-15/h3-12H2,1-2H3,(H2,17,20). The highest BCUT2D eigenvalue weighted by atomic mass is 32.1. The predicted molar refractivity (Wildman–Crippen MR) is 86.5 cm³/mol. The van der Waals surface area contributed by atoms with Crippen LogP contribution in [0.15, 0.2) is 0 Å². The van der Waals surface area contributed by atoms with Crippen molar-refractivity contribution in [1.82, 2.24) is 4.90 Å². The van der Waals surface area contributed by atoms with Crippen molar-refractivity contribution in [3.8, 4) is 0 Å². The van der Waals surface area contributed by atoms with Gasteiger partial charge in [-0.2, -0.15) is 0 Å². The summed E-state index contributed by atoms with van der Waals surface area (Å²) < 4.78 is 0. The van der Waals surface area contributed by atoms with Gasteiger partial charge < -0.3 is 10.6 Å². The molecule has 1 amide bonds. The van der Waals surface area contributed by atoms with Crippen molar-refractivity contribution in [2.75, 3.05) is 13.1 Å². The van der Waals surface area contributed by atoms with Crippen LogP contribution in [0.5, 0.6) is 0 Å². The Balaban J connectivity index is 2.05. The Hall–Kier alpha value is -0.640. The number of likely N-dealkylation sites (tertiary alicyclic amines) is 1. The molecule has 0 aromatic rings. The van der Waals surface area contributed by atoms with E-state index in [9.17, 15) is 4.79 Å². The molecule has 0 unspecified atom stereocenters. The maximum atomic E-state index is 12.9. The van der Waals surface area contributed by atoms with Crippen LogP contribution < -0.4 is 5.73 Å². The van der Waals surface area contributed by atoms with E-state index in [4.69, 9.17) is 18.0 Å². The SMILES string of the molecule is CCC(CC)(C(=O)N1CCC2(CCCC2)CC1)C(N)=S. The topological polar surface area (TPSA) is 46.3 Å². The zero-order valence-electron chi connectivity index (χ0n) is 12.9. The summed E-state index contributed by atoms with van der Waals surface area (Å²) in [6.07, 6.45) is 9.20. The second kappa shape index (κ2) is 6.00. The second-order valence-corrected chi connectivity index (χ2v) is 7.09.